The van der Waals surface area contributed by atoms with Crippen molar-refractivity contribution in [2.24, 2.45) is 0 Å². The van der Waals surface area contributed by atoms with Gasteiger partial charge in [0.25, 0.3) is 0 Å². The summed E-state index contributed by atoms with van der Waals surface area (Å²) in [6.45, 7) is 0.821. The minimum Gasteiger partial charge on any atom is -0.445 e. The normalized spacial score (nSPS) is 19.7. The molecule has 2 aromatic rings. The summed E-state index contributed by atoms with van der Waals surface area (Å²) in [4.78, 5) is 12.0. The van der Waals surface area contributed by atoms with E-state index < -0.39 is 0 Å². The third-order valence-electron chi connectivity index (χ3n) is 4.50. The topological polar surface area (TPSA) is 47.6 Å². The predicted octanol–water partition coefficient (Wildman–Crippen LogP) is 5.29. The molecule has 1 aliphatic rings. The Morgan fingerprint density at radius 1 is 1.07 bits per heavy atom. The smallest absolute Gasteiger partial charge is 0.407 e. The summed E-state index contributed by atoms with van der Waals surface area (Å²) in [5.41, 5.74) is 2.12. The van der Waals surface area contributed by atoms with Gasteiger partial charge in [-0.2, -0.15) is 0 Å². The lowest BCUT2D eigenvalue weighted by Crippen LogP contribution is -2.33. The average molecular weight is 430 g/mol. The Morgan fingerprint density at radius 2 is 1.78 bits per heavy atom. The van der Waals surface area contributed by atoms with Gasteiger partial charge < -0.3 is 14.8 Å². The van der Waals surface area contributed by atoms with E-state index in [0.29, 0.717) is 6.61 Å². The molecule has 1 fully saturated rings. The van der Waals surface area contributed by atoms with Crippen molar-refractivity contribution in [2.75, 3.05) is 6.61 Å². The van der Waals surface area contributed by atoms with Crippen LogP contribution in [0.25, 0.3) is 6.08 Å². The van der Waals surface area contributed by atoms with Gasteiger partial charge in [-0.15, -0.1) is 0 Å². The Balaban J connectivity index is 1.36. The number of amides is 1. The van der Waals surface area contributed by atoms with E-state index in [2.05, 4.69) is 39.5 Å². The van der Waals surface area contributed by atoms with Gasteiger partial charge in [0, 0.05) is 10.5 Å². The Labute approximate surface area is 168 Å². The van der Waals surface area contributed by atoms with Crippen molar-refractivity contribution in [1.82, 2.24) is 5.32 Å². The monoisotopic (exact) mass is 429 g/mol. The number of benzene rings is 2. The van der Waals surface area contributed by atoms with Crippen molar-refractivity contribution in [1.29, 1.82) is 0 Å². The molecule has 1 saturated carbocycles. The van der Waals surface area contributed by atoms with Crippen LogP contribution in [0, 0.1) is 0 Å². The second-order valence-corrected chi connectivity index (χ2v) is 7.67. The number of halogens is 1. The van der Waals surface area contributed by atoms with Crippen LogP contribution < -0.4 is 5.32 Å². The largest absolute Gasteiger partial charge is 0.445 e. The SMILES string of the molecule is O=C(N[C@H]1CCC(OC/C(Br)=C/c2ccccc2)C1)OCc1ccccc1. The molecule has 1 unspecified atom stereocenters. The molecule has 0 aromatic heterocycles. The molecule has 1 aliphatic carbocycles. The highest BCUT2D eigenvalue weighted by Crippen LogP contribution is 2.24. The van der Waals surface area contributed by atoms with Gasteiger partial charge in [-0.05, 0) is 36.5 Å². The number of ether oxygens (including phenoxy) is 2. The Bertz CT molecular complexity index is 749. The van der Waals surface area contributed by atoms with E-state index in [-0.39, 0.29) is 24.8 Å². The van der Waals surface area contributed by atoms with E-state index in [0.717, 1.165) is 34.9 Å². The molecule has 1 N–H and O–H groups in total. The number of carbonyl (C=O) groups excluding carboxylic acids is 1. The molecule has 5 heteroatoms. The van der Waals surface area contributed by atoms with Crippen molar-refractivity contribution in [3.8, 4) is 0 Å². The number of rotatable bonds is 7. The van der Waals surface area contributed by atoms with Crippen molar-refractivity contribution >= 4 is 28.1 Å². The van der Waals surface area contributed by atoms with Crippen LogP contribution in [0.1, 0.15) is 30.4 Å². The summed E-state index contributed by atoms with van der Waals surface area (Å²) in [6, 6.07) is 19.9. The molecule has 0 bridgehead atoms. The summed E-state index contributed by atoms with van der Waals surface area (Å²) in [6.07, 6.45) is 4.51. The van der Waals surface area contributed by atoms with Gasteiger partial charge in [0.2, 0.25) is 0 Å². The predicted molar refractivity (Wildman–Crippen MR) is 110 cm³/mol. The van der Waals surface area contributed by atoms with Crippen molar-refractivity contribution in [2.45, 2.75) is 38.0 Å². The highest BCUT2D eigenvalue weighted by Gasteiger charge is 2.27. The Morgan fingerprint density at radius 3 is 2.52 bits per heavy atom. The lowest BCUT2D eigenvalue weighted by atomic mass is 10.2. The minimum atomic E-state index is -0.366. The Kier molecular flexibility index (Phi) is 7.48. The summed E-state index contributed by atoms with van der Waals surface area (Å²) in [7, 11) is 0. The molecular weight excluding hydrogens is 406 g/mol. The van der Waals surface area contributed by atoms with Crippen LogP contribution in [0.15, 0.2) is 65.1 Å². The summed E-state index contributed by atoms with van der Waals surface area (Å²) < 4.78 is 12.3. The molecule has 0 aliphatic heterocycles. The minimum absolute atomic E-state index is 0.107. The molecule has 142 valence electrons. The number of carbonyl (C=O) groups is 1. The number of alkyl carbamates (subject to hydrolysis) is 1. The number of hydrogen-bond donors (Lipinski definition) is 1. The molecule has 0 heterocycles. The molecule has 1 amide bonds. The van der Waals surface area contributed by atoms with Crippen molar-refractivity contribution < 1.29 is 14.3 Å². The maximum absolute atomic E-state index is 12.0. The second-order valence-electron chi connectivity index (χ2n) is 6.65. The molecule has 0 spiro atoms. The van der Waals surface area contributed by atoms with E-state index in [4.69, 9.17) is 9.47 Å². The highest BCUT2D eigenvalue weighted by atomic mass is 79.9. The van der Waals surface area contributed by atoms with Crippen LogP contribution in [0.5, 0.6) is 0 Å². The molecular formula is C22H24BrNO3. The fourth-order valence-electron chi connectivity index (χ4n) is 3.12. The van der Waals surface area contributed by atoms with E-state index in [9.17, 15) is 4.79 Å². The van der Waals surface area contributed by atoms with E-state index >= 15 is 0 Å². The third kappa shape index (κ3) is 6.85. The lowest BCUT2D eigenvalue weighted by molar-refractivity contribution is 0.0767. The third-order valence-corrected chi connectivity index (χ3v) is 4.96. The Hall–Kier alpha value is -2.11. The number of nitrogens with one attached hydrogen (secondary N) is 1. The van der Waals surface area contributed by atoms with Crippen LogP contribution in [0.2, 0.25) is 0 Å². The average Bonchev–Trinajstić information content (AvgIpc) is 3.14. The van der Waals surface area contributed by atoms with Crippen LogP contribution in [-0.2, 0) is 16.1 Å². The van der Waals surface area contributed by atoms with E-state index in [1.807, 2.05) is 48.5 Å². The zero-order chi connectivity index (χ0) is 18.9. The quantitative estimate of drug-likeness (QED) is 0.650. The van der Waals surface area contributed by atoms with Crippen molar-refractivity contribution in [3.63, 3.8) is 0 Å². The van der Waals surface area contributed by atoms with Crippen LogP contribution in [0.4, 0.5) is 4.79 Å². The summed E-state index contributed by atoms with van der Waals surface area (Å²) in [5, 5.41) is 2.94. The fourth-order valence-corrected chi connectivity index (χ4v) is 3.52. The second kappa shape index (κ2) is 10.3. The lowest BCUT2D eigenvalue weighted by Gasteiger charge is -2.14. The van der Waals surface area contributed by atoms with Gasteiger partial charge in [0.15, 0.2) is 0 Å². The maximum Gasteiger partial charge on any atom is 0.407 e. The van der Waals surface area contributed by atoms with Gasteiger partial charge >= 0.3 is 6.09 Å². The first-order valence-corrected chi connectivity index (χ1v) is 9.98. The standard InChI is InChI=1S/C22H24BrNO3/c23-19(13-17-7-3-1-4-8-17)16-26-21-12-11-20(14-21)24-22(25)27-15-18-9-5-2-6-10-18/h1-10,13,20-21H,11-12,14-16H2,(H,24,25)/b19-13-/t20-,21?/m0/s1. The molecule has 0 radical (unpaired) electrons. The van der Waals surface area contributed by atoms with Gasteiger partial charge in [-0.3, -0.25) is 0 Å². The van der Waals surface area contributed by atoms with Gasteiger partial charge in [-0.25, -0.2) is 4.79 Å². The molecule has 4 nitrogen and oxygen atoms in total. The first-order valence-electron chi connectivity index (χ1n) is 9.19. The summed E-state index contributed by atoms with van der Waals surface area (Å²) >= 11 is 3.57. The van der Waals surface area contributed by atoms with Crippen LogP contribution in [-0.4, -0.2) is 24.8 Å². The maximum atomic E-state index is 12.0. The fraction of sp³-hybridized carbons (Fsp3) is 0.318. The first-order chi connectivity index (χ1) is 13.2. The highest BCUT2D eigenvalue weighted by molar-refractivity contribution is 9.11. The van der Waals surface area contributed by atoms with Gasteiger partial charge in [-0.1, -0.05) is 76.6 Å². The van der Waals surface area contributed by atoms with Crippen LogP contribution >= 0.6 is 15.9 Å². The molecule has 2 atom stereocenters. The van der Waals surface area contributed by atoms with Gasteiger partial charge in [0.05, 0.1) is 12.7 Å². The molecule has 27 heavy (non-hydrogen) atoms. The van der Waals surface area contributed by atoms with E-state index in [1.54, 1.807) is 0 Å². The van der Waals surface area contributed by atoms with E-state index in [1.165, 1.54) is 0 Å². The molecule has 0 saturated heterocycles. The molecule has 2 aromatic carbocycles. The first kappa shape index (κ1) is 19.6. The summed E-state index contributed by atoms with van der Waals surface area (Å²) in [5.74, 6) is 0. The van der Waals surface area contributed by atoms with Gasteiger partial charge in [0.1, 0.15) is 6.61 Å². The molecule has 3 rings (SSSR count). The number of hydrogen-bond acceptors (Lipinski definition) is 3. The zero-order valence-electron chi connectivity index (χ0n) is 15.1. The zero-order valence-corrected chi connectivity index (χ0v) is 16.7. The van der Waals surface area contributed by atoms with Crippen LogP contribution in [0.3, 0.4) is 0 Å². The van der Waals surface area contributed by atoms with Crippen molar-refractivity contribution in [3.05, 3.63) is 76.3 Å².